The van der Waals surface area contributed by atoms with Crippen molar-refractivity contribution < 1.29 is 14.3 Å². The third kappa shape index (κ3) is 4.30. The fourth-order valence-corrected chi connectivity index (χ4v) is 2.94. The molecule has 0 atom stereocenters. The number of thiophene rings is 1. The average molecular weight is 283 g/mol. The molecule has 1 saturated heterocycles. The van der Waals surface area contributed by atoms with Gasteiger partial charge in [-0.15, -0.1) is 11.3 Å². The van der Waals surface area contributed by atoms with Crippen LogP contribution >= 0.6 is 11.3 Å². The van der Waals surface area contributed by atoms with Gasteiger partial charge in [0, 0.05) is 26.8 Å². The highest BCUT2D eigenvalue weighted by Gasteiger charge is 2.24. The fraction of sp³-hybridized carbons (Fsp3) is 0.643. The zero-order valence-corrected chi connectivity index (χ0v) is 12.2. The van der Waals surface area contributed by atoms with Crippen LogP contribution in [0.15, 0.2) is 17.5 Å². The SMILES string of the molecule is COCCOCC1CCN(C(=O)c2cccs2)CC1. The minimum atomic E-state index is 0.175. The quantitative estimate of drug-likeness (QED) is 0.752. The molecule has 4 nitrogen and oxygen atoms in total. The zero-order chi connectivity index (χ0) is 13.5. The van der Waals surface area contributed by atoms with Crippen molar-refractivity contribution in [1.29, 1.82) is 0 Å². The summed E-state index contributed by atoms with van der Waals surface area (Å²) in [6.07, 6.45) is 2.06. The van der Waals surface area contributed by atoms with Gasteiger partial charge in [0.1, 0.15) is 0 Å². The number of amides is 1. The van der Waals surface area contributed by atoms with E-state index in [1.54, 1.807) is 7.11 Å². The number of nitrogens with zero attached hydrogens (tertiary/aromatic N) is 1. The molecule has 0 saturated carbocycles. The summed E-state index contributed by atoms with van der Waals surface area (Å²) in [5.74, 6) is 0.748. The topological polar surface area (TPSA) is 38.8 Å². The maximum atomic E-state index is 12.2. The third-order valence-electron chi connectivity index (χ3n) is 3.42. The molecule has 0 unspecified atom stereocenters. The summed E-state index contributed by atoms with van der Waals surface area (Å²) in [7, 11) is 1.68. The first kappa shape index (κ1) is 14.5. The van der Waals surface area contributed by atoms with Crippen molar-refractivity contribution in [3.05, 3.63) is 22.4 Å². The van der Waals surface area contributed by atoms with Gasteiger partial charge in [0.2, 0.25) is 0 Å². The van der Waals surface area contributed by atoms with E-state index in [9.17, 15) is 4.79 Å². The molecule has 106 valence electrons. The summed E-state index contributed by atoms with van der Waals surface area (Å²) in [6, 6.07) is 3.82. The standard InChI is InChI=1S/C14H21NO3S/c1-17-8-9-18-11-12-4-6-15(7-5-12)14(16)13-3-2-10-19-13/h2-3,10,12H,4-9,11H2,1H3. The lowest BCUT2D eigenvalue weighted by molar-refractivity contribution is 0.0328. The molecule has 0 N–H and O–H groups in total. The monoisotopic (exact) mass is 283 g/mol. The van der Waals surface area contributed by atoms with Crippen molar-refractivity contribution in [2.24, 2.45) is 5.92 Å². The van der Waals surface area contributed by atoms with Crippen LogP contribution in [0.25, 0.3) is 0 Å². The van der Waals surface area contributed by atoms with Crippen LogP contribution in [0.3, 0.4) is 0 Å². The Morgan fingerprint density at radius 3 is 2.84 bits per heavy atom. The van der Waals surface area contributed by atoms with Gasteiger partial charge < -0.3 is 14.4 Å². The predicted molar refractivity (Wildman–Crippen MR) is 75.6 cm³/mol. The highest BCUT2D eigenvalue weighted by atomic mass is 32.1. The summed E-state index contributed by atoms with van der Waals surface area (Å²) >= 11 is 1.52. The molecule has 1 aliphatic heterocycles. The first-order valence-corrected chi connectivity index (χ1v) is 7.58. The number of rotatable bonds is 6. The van der Waals surface area contributed by atoms with Gasteiger partial charge in [-0.2, -0.15) is 0 Å². The number of likely N-dealkylation sites (tertiary alicyclic amines) is 1. The Hall–Kier alpha value is -0.910. The van der Waals surface area contributed by atoms with Crippen LogP contribution in [0.2, 0.25) is 0 Å². The van der Waals surface area contributed by atoms with Gasteiger partial charge in [-0.1, -0.05) is 6.07 Å². The van der Waals surface area contributed by atoms with Crippen molar-refractivity contribution in [3.63, 3.8) is 0 Å². The highest BCUT2D eigenvalue weighted by molar-refractivity contribution is 7.12. The fourth-order valence-electron chi connectivity index (χ4n) is 2.25. The van der Waals surface area contributed by atoms with Crippen LogP contribution in [-0.2, 0) is 9.47 Å². The van der Waals surface area contributed by atoms with Crippen LogP contribution < -0.4 is 0 Å². The third-order valence-corrected chi connectivity index (χ3v) is 4.28. The molecule has 1 amide bonds. The van der Waals surface area contributed by atoms with E-state index < -0.39 is 0 Å². The molecule has 1 fully saturated rings. The van der Waals surface area contributed by atoms with Gasteiger partial charge >= 0.3 is 0 Å². The van der Waals surface area contributed by atoms with Crippen molar-refractivity contribution >= 4 is 17.2 Å². The Bertz CT molecular complexity index is 372. The maximum Gasteiger partial charge on any atom is 0.263 e. The van der Waals surface area contributed by atoms with Gasteiger partial charge in [-0.25, -0.2) is 0 Å². The molecular weight excluding hydrogens is 262 g/mol. The molecule has 19 heavy (non-hydrogen) atoms. The molecule has 0 spiro atoms. The van der Waals surface area contributed by atoms with Gasteiger partial charge in [0.05, 0.1) is 18.1 Å². The number of carbonyl (C=O) groups excluding carboxylic acids is 1. The zero-order valence-electron chi connectivity index (χ0n) is 11.3. The molecule has 2 heterocycles. The number of ether oxygens (including phenoxy) is 2. The van der Waals surface area contributed by atoms with E-state index in [-0.39, 0.29) is 5.91 Å². The van der Waals surface area contributed by atoms with Crippen LogP contribution in [0.1, 0.15) is 22.5 Å². The molecular formula is C14H21NO3S. The lowest BCUT2D eigenvalue weighted by Crippen LogP contribution is -2.39. The highest BCUT2D eigenvalue weighted by Crippen LogP contribution is 2.20. The Kier molecular flexibility index (Phi) is 5.82. The van der Waals surface area contributed by atoms with Crippen LogP contribution in [0.4, 0.5) is 0 Å². The summed E-state index contributed by atoms with van der Waals surface area (Å²) in [5, 5.41) is 1.95. The van der Waals surface area contributed by atoms with Crippen LogP contribution in [-0.4, -0.2) is 50.8 Å². The van der Waals surface area contributed by atoms with Crippen molar-refractivity contribution in [3.8, 4) is 0 Å². The van der Waals surface area contributed by atoms with E-state index in [1.807, 2.05) is 22.4 Å². The second kappa shape index (κ2) is 7.62. The number of piperidine rings is 1. The number of hydrogen-bond acceptors (Lipinski definition) is 4. The summed E-state index contributed by atoms with van der Waals surface area (Å²) in [4.78, 5) is 15.0. The Morgan fingerprint density at radius 2 is 2.21 bits per heavy atom. The maximum absolute atomic E-state index is 12.2. The Balaban J connectivity index is 1.69. The molecule has 0 bridgehead atoms. The molecule has 0 radical (unpaired) electrons. The molecule has 1 aromatic rings. The average Bonchev–Trinajstić information content (AvgIpc) is 2.98. The van der Waals surface area contributed by atoms with E-state index in [0.29, 0.717) is 19.1 Å². The normalized spacial score (nSPS) is 16.8. The Labute approximate surface area is 118 Å². The first-order valence-electron chi connectivity index (χ1n) is 6.70. The van der Waals surface area contributed by atoms with Gasteiger partial charge in [0.15, 0.2) is 0 Å². The van der Waals surface area contributed by atoms with E-state index in [4.69, 9.17) is 9.47 Å². The minimum absolute atomic E-state index is 0.175. The first-order chi connectivity index (χ1) is 9.31. The van der Waals surface area contributed by atoms with Gasteiger partial charge in [0.25, 0.3) is 5.91 Å². The second-order valence-corrected chi connectivity index (χ2v) is 5.73. The van der Waals surface area contributed by atoms with E-state index in [0.717, 1.165) is 37.4 Å². The van der Waals surface area contributed by atoms with E-state index in [1.165, 1.54) is 11.3 Å². The summed E-state index contributed by atoms with van der Waals surface area (Å²) in [6.45, 7) is 3.77. The van der Waals surface area contributed by atoms with Crippen molar-refractivity contribution in [2.75, 3.05) is 40.0 Å². The van der Waals surface area contributed by atoms with E-state index in [2.05, 4.69) is 0 Å². The number of methoxy groups -OCH3 is 1. The predicted octanol–water partition coefficient (Wildman–Crippen LogP) is 2.26. The van der Waals surface area contributed by atoms with Crippen molar-refractivity contribution in [1.82, 2.24) is 4.90 Å². The molecule has 1 aromatic heterocycles. The van der Waals surface area contributed by atoms with Gasteiger partial charge in [-0.05, 0) is 30.2 Å². The number of carbonyl (C=O) groups is 1. The van der Waals surface area contributed by atoms with Gasteiger partial charge in [-0.3, -0.25) is 4.79 Å². The molecule has 0 aliphatic carbocycles. The number of hydrogen-bond donors (Lipinski definition) is 0. The van der Waals surface area contributed by atoms with E-state index >= 15 is 0 Å². The summed E-state index contributed by atoms with van der Waals surface area (Å²) in [5.41, 5.74) is 0. The minimum Gasteiger partial charge on any atom is -0.382 e. The lowest BCUT2D eigenvalue weighted by atomic mass is 9.98. The molecule has 0 aromatic carbocycles. The van der Waals surface area contributed by atoms with Crippen LogP contribution in [0.5, 0.6) is 0 Å². The Morgan fingerprint density at radius 1 is 1.42 bits per heavy atom. The summed E-state index contributed by atoms with van der Waals surface area (Å²) < 4.78 is 10.5. The smallest absolute Gasteiger partial charge is 0.263 e. The largest absolute Gasteiger partial charge is 0.382 e. The molecule has 5 heteroatoms. The second-order valence-electron chi connectivity index (χ2n) is 4.78. The molecule has 1 aliphatic rings. The van der Waals surface area contributed by atoms with Crippen LogP contribution in [0, 0.1) is 5.92 Å². The van der Waals surface area contributed by atoms with Crippen molar-refractivity contribution in [2.45, 2.75) is 12.8 Å². The lowest BCUT2D eigenvalue weighted by Gasteiger charge is -2.31. The molecule has 2 rings (SSSR count).